The lowest BCUT2D eigenvalue weighted by atomic mass is 10.1. The van der Waals surface area contributed by atoms with E-state index in [4.69, 9.17) is 0 Å². The number of hydrogen-bond acceptors (Lipinski definition) is 3. The molecule has 20 heavy (non-hydrogen) atoms. The van der Waals surface area contributed by atoms with E-state index in [1.165, 1.54) is 0 Å². The summed E-state index contributed by atoms with van der Waals surface area (Å²) in [6.07, 6.45) is 0. The van der Waals surface area contributed by atoms with Gasteiger partial charge in [-0.05, 0) is 24.3 Å². The molecule has 0 saturated carbocycles. The van der Waals surface area contributed by atoms with Crippen LogP contribution in [0.5, 0.6) is 5.75 Å². The molecule has 0 unspecified atom stereocenters. The highest BCUT2D eigenvalue weighted by molar-refractivity contribution is 5.95. The third-order valence-electron chi connectivity index (χ3n) is 3.06. The lowest BCUT2D eigenvalue weighted by molar-refractivity contribution is 0.0951. The van der Waals surface area contributed by atoms with Crippen LogP contribution in [0.1, 0.15) is 15.9 Å². The molecule has 0 spiro atoms. The number of carbonyl (C=O) groups excluding carboxylic acids is 1. The SMILES string of the molecule is CN(C)c1cccc(C(=O)NCc2ccccc2O)c1. The molecule has 4 heteroatoms. The van der Waals surface area contributed by atoms with Crippen molar-refractivity contribution in [3.63, 3.8) is 0 Å². The monoisotopic (exact) mass is 270 g/mol. The third kappa shape index (κ3) is 3.29. The molecule has 0 radical (unpaired) electrons. The number of aromatic hydroxyl groups is 1. The molecule has 0 heterocycles. The van der Waals surface area contributed by atoms with Gasteiger partial charge in [0.2, 0.25) is 0 Å². The van der Waals surface area contributed by atoms with Gasteiger partial charge in [-0.25, -0.2) is 0 Å². The van der Waals surface area contributed by atoms with Gasteiger partial charge in [0.15, 0.2) is 0 Å². The predicted octanol–water partition coefficient (Wildman–Crippen LogP) is 2.39. The number of amides is 1. The smallest absolute Gasteiger partial charge is 0.251 e. The van der Waals surface area contributed by atoms with E-state index in [9.17, 15) is 9.90 Å². The maximum Gasteiger partial charge on any atom is 0.251 e. The van der Waals surface area contributed by atoms with Crippen LogP contribution in [0.3, 0.4) is 0 Å². The van der Waals surface area contributed by atoms with Crippen molar-refractivity contribution in [1.82, 2.24) is 5.32 Å². The van der Waals surface area contributed by atoms with E-state index >= 15 is 0 Å². The van der Waals surface area contributed by atoms with Crippen molar-refractivity contribution >= 4 is 11.6 Å². The number of phenols is 1. The van der Waals surface area contributed by atoms with Crippen LogP contribution in [0, 0.1) is 0 Å². The van der Waals surface area contributed by atoms with Crippen LogP contribution >= 0.6 is 0 Å². The van der Waals surface area contributed by atoms with Gasteiger partial charge in [-0.15, -0.1) is 0 Å². The Morgan fingerprint density at radius 3 is 2.60 bits per heavy atom. The first-order valence-electron chi connectivity index (χ1n) is 6.40. The van der Waals surface area contributed by atoms with E-state index in [0.29, 0.717) is 17.7 Å². The summed E-state index contributed by atoms with van der Waals surface area (Å²) in [5.41, 5.74) is 2.27. The van der Waals surface area contributed by atoms with Crippen LogP contribution in [0.2, 0.25) is 0 Å². The number of nitrogens with one attached hydrogen (secondary N) is 1. The van der Waals surface area contributed by atoms with Gasteiger partial charge < -0.3 is 15.3 Å². The van der Waals surface area contributed by atoms with E-state index in [-0.39, 0.29) is 11.7 Å². The zero-order valence-electron chi connectivity index (χ0n) is 11.6. The summed E-state index contributed by atoms with van der Waals surface area (Å²) in [4.78, 5) is 14.0. The predicted molar refractivity (Wildman–Crippen MR) is 80.0 cm³/mol. The highest BCUT2D eigenvalue weighted by Gasteiger charge is 2.08. The Hall–Kier alpha value is -2.49. The second kappa shape index (κ2) is 6.10. The maximum absolute atomic E-state index is 12.1. The van der Waals surface area contributed by atoms with Crippen molar-refractivity contribution in [1.29, 1.82) is 0 Å². The van der Waals surface area contributed by atoms with Crippen molar-refractivity contribution in [2.24, 2.45) is 0 Å². The molecule has 0 bridgehead atoms. The summed E-state index contributed by atoms with van der Waals surface area (Å²) in [6.45, 7) is 0.303. The molecule has 2 aromatic carbocycles. The molecule has 2 N–H and O–H groups in total. The van der Waals surface area contributed by atoms with E-state index in [2.05, 4.69) is 5.32 Å². The van der Waals surface area contributed by atoms with Crippen molar-refractivity contribution in [2.45, 2.75) is 6.54 Å². The standard InChI is InChI=1S/C16H18N2O2/c1-18(2)14-8-5-7-12(10-14)16(20)17-11-13-6-3-4-9-15(13)19/h3-10,19H,11H2,1-2H3,(H,17,20). The van der Waals surface area contributed by atoms with Crippen LogP contribution in [0.4, 0.5) is 5.69 Å². The molecular formula is C16H18N2O2. The molecule has 0 aliphatic rings. The molecule has 0 aliphatic carbocycles. The van der Waals surface area contributed by atoms with Crippen LogP contribution < -0.4 is 10.2 Å². The number of phenolic OH excluding ortho intramolecular Hbond substituents is 1. The summed E-state index contributed by atoms with van der Waals surface area (Å²) >= 11 is 0. The van der Waals surface area contributed by atoms with Gasteiger partial charge in [0.05, 0.1) is 0 Å². The Morgan fingerprint density at radius 1 is 1.15 bits per heavy atom. The Bertz CT molecular complexity index is 609. The third-order valence-corrected chi connectivity index (χ3v) is 3.06. The molecule has 0 aliphatic heterocycles. The van der Waals surface area contributed by atoms with E-state index in [1.54, 1.807) is 24.3 Å². The lowest BCUT2D eigenvalue weighted by Gasteiger charge is -2.13. The Balaban J connectivity index is 2.05. The van der Waals surface area contributed by atoms with Crippen LogP contribution in [-0.2, 0) is 6.54 Å². The van der Waals surface area contributed by atoms with Gasteiger partial charge in [-0.3, -0.25) is 4.79 Å². The molecule has 0 atom stereocenters. The summed E-state index contributed by atoms with van der Waals surface area (Å²) in [5.74, 6) is 0.0341. The van der Waals surface area contributed by atoms with Crippen LogP contribution in [0.25, 0.3) is 0 Å². The number of anilines is 1. The first kappa shape index (κ1) is 13.9. The topological polar surface area (TPSA) is 52.6 Å². The highest BCUT2D eigenvalue weighted by Crippen LogP contribution is 2.16. The lowest BCUT2D eigenvalue weighted by Crippen LogP contribution is -2.23. The summed E-state index contributed by atoms with van der Waals surface area (Å²) in [6, 6.07) is 14.4. The second-order valence-corrected chi connectivity index (χ2v) is 4.76. The molecule has 0 saturated heterocycles. The van der Waals surface area contributed by atoms with Crippen molar-refractivity contribution in [3.05, 3.63) is 59.7 Å². The fourth-order valence-electron chi connectivity index (χ4n) is 1.86. The number of benzene rings is 2. The number of carbonyl (C=O) groups is 1. The average Bonchev–Trinajstić information content (AvgIpc) is 2.46. The van der Waals surface area contributed by atoms with E-state index in [1.807, 2.05) is 43.3 Å². The second-order valence-electron chi connectivity index (χ2n) is 4.76. The molecule has 0 aromatic heterocycles. The Labute approximate surface area is 118 Å². The van der Waals surface area contributed by atoms with Crippen molar-refractivity contribution < 1.29 is 9.90 Å². The zero-order chi connectivity index (χ0) is 14.5. The maximum atomic E-state index is 12.1. The largest absolute Gasteiger partial charge is 0.508 e. The van der Waals surface area contributed by atoms with Gasteiger partial charge >= 0.3 is 0 Å². The van der Waals surface area contributed by atoms with Gasteiger partial charge in [-0.2, -0.15) is 0 Å². The van der Waals surface area contributed by atoms with Gasteiger partial charge in [-0.1, -0.05) is 24.3 Å². The quantitative estimate of drug-likeness (QED) is 0.897. The number of hydrogen-bond donors (Lipinski definition) is 2. The van der Waals surface area contributed by atoms with E-state index < -0.39 is 0 Å². The summed E-state index contributed by atoms with van der Waals surface area (Å²) in [5, 5.41) is 12.5. The molecule has 4 nitrogen and oxygen atoms in total. The molecule has 0 fully saturated rings. The zero-order valence-corrected chi connectivity index (χ0v) is 11.6. The molecular weight excluding hydrogens is 252 g/mol. The van der Waals surface area contributed by atoms with Crippen molar-refractivity contribution in [3.8, 4) is 5.75 Å². The minimum atomic E-state index is -0.156. The number of rotatable bonds is 4. The van der Waals surface area contributed by atoms with Crippen molar-refractivity contribution in [2.75, 3.05) is 19.0 Å². The first-order valence-corrected chi connectivity index (χ1v) is 6.40. The van der Waals surface area contributed by atoms with Gasteiger partial charge in [0.25, 0.3) is 5.91 Å². The van der Waals surface area contributed by atoms with Gasteiger partial charge in [0, 0.05) is 37.5 Å². The molecule has 1 amide bonds. The first-order chi connectivity index (χ1) is 9.58. The molecule has 104 valence electrons. The minimum Gasteiger partial charge on any atom is -0.508 e. The normalized spacial score (nSPS) is 10.1. The Morgan fingerprint density at radius 2 is 1.90 bits per heavy atom. The number of nitrogens with zero attached hydrogens (tertiary/aromatic N) is 1. The van der Waals surface area contributed by atoms with E-state index in [0.717, 1.165) is 5.69 Å². The summed E-state index contributed by atoms with van der Waals surface area (Å²) in [7, 11) is 3.86. The minimum absolute atomic E-state index is 0.156. The number of para-hydroxylation sites is 1. The Kier molecular flexibility index (Phi) is 4.25. The fourth-order valence-corrected chi connectivity index (χ4v) is 1.86. The summed E-state index contributed by atoms with van der Waals surface area (Å²) < 4.78 is 0. The van der Waals surface area contributed by atoms with Crippen LogP contribution in [-0.4, -0.2) is 25.1 Å². The average molecular weight is 270 g/mol. The highest BCUT2D eigenvalue weighted by atomic mass is 16.3. The fraction of sp³-hybridized carbons (Fsp3) is 0.188. The molecule has 2 rings (SSSR count). The van der Waals surface area contributed by atoms with Gasteiger partial charge in [0.1, 0.15) is 5.75 Å². The molecule has 2 aromatic rings. The van der Waals surface area contributed by atoms with Crippen LogP contribution in [0.15, 0.2) is 48.5 Å².